The van der Waals surface area contributed by atoms with E-state index in [9.17, 15) is 18.0 Å². The minimum absolute atomic E-state index is 0.0193. The fraction of sp³-hybridized carbons (Fsp3) is 0.529. The molecule has 0 radical (unpaired) electrons. The lowest BCUT2D eigenvalue weighted by Crippen LogP contribution is -2.31. The molecule has 0 atom stereocenters. The maximum absolute atomic E-state index is 12.3. The van der Waals surface area contributed by atoms with Gasteiger partial charge in [-0.2, -0.15) is 0 Å². The van der Waals surface area contributed by atoms with Gasteiger partial charge in [0.25, 0.3) is 0 Å². The Labute approximate surface area is 152 Å². The summed E-state index contributed by atoms with van der Waals surface area (Å²) in [4.78, 5) is 22.9. The monoisotopic (exact) mass is 385 g/mol. The third-order valence-corrected chi connectivity index (χ3v) is 4.54. The Hall–Kier alpha value is -2.29. The van der Waals surface area contributed by atoms with Crippen LogP contribution in [-0.2, 0) is 19.6 Å². The Bertz CT molecular complexity index is 792. The molecule has 0 aliphatic heterocycles. The molecule has 1 saturated carbocycles. The molecule has 144 valence electrons. The zero-order valence-electron chi connectivity index (χ0n) is 14.9. The molecule has 0 spiro atoms. The summed E-state index contributed by atoms with van der Waals surface area (Å²) in [5, 5.41) is 9.11. The van der Waals surface area contributed by atoms with E-state index in [1.165, 1.54) is 12.1 Å². The lowest BCUT2D eigenvalue weighted by Gasteiger charge is -2.20. The van der Waals surface area contributed by atoms with E-state index in [2.05, 4.69) is 4.72 Å². The van der Waals surface area contributed by atoms with E-state index in [0.717, 1.165) is 18.9 Å². The number of hydrogen-bond donors (Lipinski definition) is 2. The zero-order valence-corrected chi connectivity index (χ0v) is 15.8. The van der Waals surface area contributed by atoms with Crippen molar-refractivity contribution in [1.29, 1.82) is 0 Å². The summed E-state index contributed by atoms with van der Waals surface area (Å²) < 4.78 is 37.4. The van der Waals surface area contributed by atoms with Crippen LogP contribution in [0.25, 0.3) is 0 Å². The first-order chi connectivity index (χ1) is 12.0. The summed E-state index contributed by atoms with van der Waals surface area (Å²) >= 11 is 0. The van der Waals surface area contributed by atoms with Crippen molar-refractivity contribution in [3.8, 4) is 5.75 Å². The Kier molecular flexibility index (Phi) is 5.80. The zero-order chi connectivity index (χ0) is 19.5. The molecule has 1 fully saturated rings. The summed E-state index contributed by atoms with van der Waals surface area (Å²) in [6, 6.07) is 3.89. The van der Waals surface area contributed by atoms with Crippen molar-refractivity contribution in [3.63, 3.8) is 0 Å². The number of carboxylic acid groups (broad SMARTS) is 1. The predicted molar refractivity (Wildman–Crippen MR) is 94.9 cm³/mol. The van der Waals surface area contributed by atoms with Gasteiger partial charge in [0.15, 0.2) is 5.75 Å². The van der Waals surface area contributed by atoms with Gasteiger partial charge in [0.1, 0.15) is 11.4 Å². The molecule has 0 saturated heterocycles. The first kappa shape index (κ1) is 20.0. The van der Waals surface area contributed by atoms with E-state index < -0.39 is 33.3 Å². The second kappa shape index (κ2) is 7.53. The minimum Gasteiger partial charge on any atom is -0.491 e. The number of hydrogen-bond acceptors (Lipinski definition) is 6. The molecule has 0 aromatic heterocycles. The molecular weight excluding hydrogens is 362 g/mol. The number of benzene rings is 1. The number of carbonyl (C=O) groups is 2. The highest BCUT2D eigenvalue weighted by Gasteiger charge is 2.25. The number of carboxylic acids is 1. The highest BCUT2D eigenvalue weighted by Crippen LogP contribution is 2.32. The normalized spacial score (nSPS) is 14.6. The third kappa shape index (κ3) is 6.55. The number of nitrogens with one attached hydrogen (secondary N) is 1. The molecule has 1 aromatic carbocycles. The number of carbonyl (C=O) groups excluding carboxylic acids is 1. The van der Waals surface area contributed by atoms with Gasteiger partial charge in [-0.3, -0.25) is 9.52 Å². The van der Waals surface area contributed by atoms with Crippen LogP contribution in [0.4, 0.5) is 5.69 Å². The molecule has 1 aliphatic rings. The van der Waals surface area contributed by atoms with Crippen LogP contribution in [-0.4, -0.2) is 43.4 Å². The van der Waals surface area contributed by atoms with Gasteiger partial charge >= 0.3 is 11.9 Å². The van der Waals surface area contributed by atoms with Crippen molar-refractivity contribution in [2.45, 2.75) is 39.2 Å². The Balaban J connectivity index is 2.16. The van der Waals surface area contributed by atoms with E-state index in [1.807, 2.05) is 0 Å². The van der Waals surface area contributed by atoms with E-state index >= 15 is 0 Å². The quantitative estimate of drug-likeness (QED) is 0.659. The minimum atomic E-state index is -4.09. The number of sulfonamides is 1. The van der Waals surface area contributed by atoms with Crippen LogP contribution in [0.15, 0.2) is 18.2 Å². The Morgan fingerprint density at radius 2 is 1.92 bits per heavy atom. The van der Waals surface area contributed by atoms with Crippen molar-refractivity contribution in [1.82, 2.24) is 0 Å². The van der Waals surface area contributed by atoms with Crippen LogP contribution in [0.2, 0.25) is 0 Å². The van der Waals surface area contributed by atoms with Crippen molar-refractivity contribution in [3.05, 3.63) is 23.8 Å². The Morgan fingerprint density at radius 3 is 2.46 bits per heavy atom. The van der Waals surface area contributed by atoms with E-state index in [0.29, 0.717) is 12.5 Å². The van der Waals surface area contributed by atoms with Crippen molar-refractivity contribution >= 4 is 27.6 Å². The van der Waals surface area contributed by atoms with Gasteiger partial charge in [-0.15, -0.1) is 0 Å². The smallest absolute Gasteiger partial charge is 0.335 e. The fourth-order valence-corrected chi connectivity index (χ4v) is 3.03. The molecule has 0 bridgehead atoms. The molecule has 2 N–H and O–H groups in total. The molecule has 9 heteroatoms. The summed E-state index contributed by atoms with van der Waals surface area (Å²) in [5.74, 6) is -2.34. The van der Waals surface area contributed by atoms with Crippen LogP contribution in [0.1, 0.15) is 44.0 Å². The highest BCUT2D eigenvalue weighted by atomic mass is 32.2. The van der Waals surface area contributed by atoms with Crippen LogP contribution in [0.3, 0.4) is 0 Å². The van der Waals surface area contributed by atoms with Crippen LogP contribution in [0.5, 0.6) is 5.75 Å². The summed E-state index contributed by atoms with van der Waals surface area (Å²) in [6.07, 6.45) is 2.10. The fourth-order valence-electron chi connectivity index (χ4n) is 2.09. The van der Waals surface area contributed by atoms with Gasteiger partial charge in [0.2, 0.25) is 10.0 Å². The maximum atomic E-state index is 12.3. The van der Waals surface area contributed by atoms with Gasteiger partial charge in [-0.05, 0) is 57.7 Å². The van der Waals surface area contributed by atoms with Crippen molar-refractivity contribution in [2.24, 2.45) is 5.92 Å². The summed E-state index contributed by atoms with van der Waals surface area (Å²) in [6.45, 7) is 5.31. The van der Waals surface area contributed by atoms with Gasteiger partial charge in [-0.25, -0.2) is 13.2 Å². The molecule has 0 unspecified atom stereocenters. The molecule has 8 nitrogen and oxygen atoms in total. The lowest BCUT2D eigenvalue weighted by molar-refractivity contribution is -0.151. The number of anilines is 1. The number of ether oxygens (including phenoxy) is 2. The molecular formula is C17H23NO7S. The maximum Gasteiger partial charge on any atom is 0.335 e. The second-order valence-corrected chi connectivity index (χ2v) is 8.94. The van der Waals surface area contributed by atoms with Crippen LogP contribution < -0.4 is 9.46 Å². The SMILES string of the molecule is CC(C)(C)OC(=O)CS(=O)(=O)Nc1cc(C(=O)O)ccc1OCC1CC1. The Morgan fingerprint density at radius 1 is 1.27 bits per heavy atom. The lowest BCUT2D eigenvalue weighted by atomic mass is 10.2. The molecule has 0 amide bonds. The predicted octanol–water partition coefficient (Wildman–Crippen LogP) is 2.26. The molecule has 26 heavy (non-hydrogen) atoms. The van der Waals surface area contributed by atoms with Gasteiger partial charge in [0.05, 0.1) is 17.9 Å². The van der Waals surface area contributed by atoms with Gasteiger partial charge < -0.3 is 14.6 Å². The number of aromatic carboxylic acids is 1. The van der Waals surface area contributed by atoms with Gasteiger partial charge in [0, 0.05) is 0 Å². The second-order valence-electron chi connectivity index (χ2n) is 7.22. The van der Waals surface area contributed by atoms with E-state index in [-0.39, 0.29) is 17.0 Å². The van der Waals surface area contributed by atoms with E-state index in [4.69, 9.17) is 14.6 Å². The summed E-state index contributed by atoms with van der Waals surface area (Å²) in [7, 11) is -4.09. The molecule has 2 rings (SSSR count). The largest absolute Gasteiger partial charge is 0.491 e. The van der Waals surface area contributed by atoms with E-state index in [1.54, 1.807) is 20.8 Å². The van der Waals surface area contributed by atoms with Crippen LogP contribution in [0, 0.1) is 5.92 Å². The average molecular weight is 385 g/mol. The number of esters is 1. The standard InChI is InChI=1S/C17H23NO7S/c1-17(2,3)25-15(19)10-26(22,23)18-13-8-12(16(20)21)6-7-14(13)24-9-11-4-5-11/h6-8,11,18H,4-5,9-10H2,1-3H3,(H,20,21). The topological polar surface area (TPSA) is 119 Å². The van der Waals surface area contributed by atoms with Crippen molar-refractivity contribution in [2.75, 3.05) is 17.1 Å². The highest BCUT2D eigenvalue weighted by molar-refractivity contribution is 7.93. The first-order valence-corrected chi connectivity index (χ1v) is 9.83. The molecule has 1 aromatic rings. The number of rotatable bonds is 8. The van der Waals surface area contributed by atoms with Crippen LogP contribution >= 0.6 is 0 Å². The third-order valence-electron chi connectivity index (χ3n) is 3.39. The molecule has 1 aliphatic carbocycles. The molecule has 0 heterocycles. The van der Waals surface area contributed by atoms with Crippen molar-refractivity contribution < 1.29 is 32.6 Å². The first-order valence-electron chi connectivity index (χ1n) is 8.18. The average Bonchev–Trinajstić information content (AvgIpc) is 3.26. The summed E-state index contributed by atoms with van der Waals surface area (Å²) in [5.41, 5.74) is -0.929. The van der Waals surface area contributed by atoms with Gasteiger partial charge in [-0.1, -0.05) is 0 Å².